The van der Waals surface area contributed by atoms with E-state index in [0.717, 1.165) is 5.56 Å². The van der Waals surface area contributed by atoms with Crippen molar-refractivity contribution in [1.82, 2.24) is 0 Å². The van der Waals surface area contributed by atoms with Gasteiger partial charge in [-0.2, -0.15) is 0 Å². The van der Waals surface area contributed by atoms with Crippen molar-refractivity contribution < 1.29 is 19.1 Å². The second-order valence-electron chi connectivity index (χ2n) is 7.15. The van der Waals surface area contributed by atoms with E-state index in [1.54, 1.807) is 67.6 Å². The van der Waals surface area contributed by atoms with Crippen molar-refractivity contribution in [2.24, 2.45) is 0 Å². The summed E-state index contributed by atoms with van der Waals surface area (Å²) < 4.78 is 10.7. The lowest BCUT2D eigenvalue weighted by atomic mass is 10.1. The van der Waals surface area contributed by atoms with E-state index in [9.17, 15) is 9.59 Å². The minimum Gasteiger partial charge on any atom is -0.484 e. The van der Waals surface area contributed by atoms with Crippen molar-refractivity contribution in [2.45, 2.75) is 20.4 Å². The van der Waals surface area contributed by atoms with Crippen LogP contribution in [0.5, 0.6) is 5.75 Å². The van der Waals surface area contributed by atoms with E-state index >= 15 is 0 Å². The number of hydrogen-bond acceptors (Lipinski definition) is 4. The zero-order valence-electron chi connectivity index (χ0n) is 18.1. The van der Waals surface area contributed by atoms with Crippen LogP contribution >= 0.6 is 34.8 Å². The maximum absolute atomic E-state index is 13.2. The SMILES string of the molecule is CCOC(=O)c1ccc(N(Cc2c(Cl)cccc2Cl)C(=O)COc2ccc(Cl)c(C)c2)cc1. The summed E-state index contributed by atoms with van der Waals surface area (Å²) in [6.07, 6.45) is 0. The molecular formula is C25H22Cl3NO4. The Bertz CT molecular complexity index is 1130. The first-order chi connectivity index (χ1) is 15.8. The van der Waals surface area contributed by atoms with E-state index in [0.29, 0.717) is 37.6 Å². The molecule has 0 unspecified atom stereocenters. The van der Waals surface area contributed by atoms with E-state index in [-0.39, 0.29) is 25.7 Å². The van der Waals surface area contributed by atoms with E-state index in [4.69, 9.17) is 44.3 Å². The van der Waals surface area contributed by atoms with Gasteiger partial charge in [-0.15, -0.1) is 0 Å². The number of esters is 1. The molecule has 0 N–H and O–H groups in total. The normalized spacial score (nSPS) is 10.6. The molecule has 3 rings (SSSR count). The number of hydrogen-bond donors (Lipinski definition) is 0. The van der Waals surface area contributed by atoms with Crippen LogP contribution in [0.25, 0.3) is 0 Å². The maximum atomic E-state index is 13.2. The summed E-state index contributed by atoms with van der Waals surface area (Å²) in [5.41, 5.74) is 2.39. The number of ether oxygens (including phenoxy) is 2. The van der Waals surface area contributed by atoms with Gasteiger partial charge >= 0.3 is 5.97 Å². The lowest BCUT2D eigenvalue weighted by Gasteiger charge is -2.24. The predicted molar refractivity (Wildman–Crippen MR) is 132 cm³/mol. The molecule has 0 aromatic heterocycles. The minimum absolute atomic E-state index is 0.124. The molecule has 0 aliphatic heterocycles. The summed E-state index contributed by atoms with van der Waals surface area (Å²) in [6.45, 7) is 3.77. The van der Waals surface area contributed by atoms with Crippen molar-refractivity contribution in [3.05, 3.63) is 92.4 Å². The summed E-state index contributed by atoms with van der Waals surface area (Å²) in [7, 11) is 0. The molecule has 0 radical (unpaired) electrons. The monoisotopic (exact) mass is 505 g/mol. The third-order valence-electron chi connectivity index (χ3n) is 4.86. The highest BCUT2D eigenvalue weighted by atomic mass is 35.5. The zero-order chi connectivity index (χ0) is 24.0. The van der Waals surface area contributed by atoms with Crippen LogP contribution in [0.2, 0.25) is 15.1 Å². The number of rotatable bonds is 8. The third-order valence-corrected chi connectivity index (χ3v) is 5.99. The van der Waals surface area contributed by atoms with Crippen LogP contribution in [0.3, 0.4) is 0 Å². The number of nitrogens with zero attached hydrogens (tertiary/aromatic N) is 1. The van der Waals surface area contributed by atoms with E-state index in [2.05, 4.69) is 0 Å². The lowest BCUT2D eigenvalue weighted by molar-refractivity contribution is -0.120. The highest BCUT2D eigenvalue weighted by Gasteiger charge is 2.20. The molecule has 0 saturated heterocycles. The van der Waals surface area contributed by atoms with Crippen LogP contribution in [-0.4, -0.2) is 25.1 Å². The fourth-order valence-corrected chi connectivity index (χ4v) is 3.72. The molecule has 172 valence electrons. The van der Waals surface area contributed by atoms with Crippen molar-refractivity contribution in [1.29, 1.82) is 0 Å². The first-order valence-corrected chi connectivity index (χ1v) is 11.3. The first-order valence-electron chi connectivity index (χ1n) is 10.2. The number of benzene rings is 3. The van der Waals surface area contributed by atoms with Crippen LogP contribution in [-0.2, 0) is 16.1 Å². The summed E-state index contributed by atoms with van der Waals surface area (Å²) >= 11 is 18.8. The smallest absolute Gasteiger partial charge is 0.338 e. The minimum atomic E-state index is -0.433. The Morgan fingerprint density at radius 2 is 1.58 bits per heavy atom. The zero-order valence-corrected chi connectivity index (χ0v) is 20.4. The Hall–Kier alpha value is -2.73. The molecule has 5 nitrogen and oxygen atoms in total. The summed E-state index contributed by atoms with van der Waals surface area (Å²) in [6, 6.07) is 16.9. The molecule has 3 aromatic rings. The van der Waals surface area contributed by atoms with Gasteiger partial charge in [0.2, 0.25) is 0 Å². The van der Waals surface area contributed by atoms with Crippen LogP contribution in [0.15, 0.2) is 60.7 Å². The predicted octanol–water partition coefficient (Wildman–Crippen LogP) is 6.74. The number of carbonyl (C=O) groups excluding carboxylic acids is 2. The highest BCUT2D eigenvalue weighted by molar-refractivity contribution is 6.36. The Kier molecular flexibility index (Phi) is 8.61. The van der Waals surface area contributed by atoms with Gasteiger partial charge in [-0.05, 0) is 74.0 Å². The van der Waals surface area contributed by atoms with Crippen molar-refractivity contribution >= 4 is 52.4 Å². The molecule has 0 heterocycles. The van der Waals surface area contributed by atoms with Crippen molar-refractivity contribution in [2.75, 3.05) is 18.1 Å². The number of anilines is 1. The van der Waals surface area contributed by atoms with Gasteiger partial charge in [-0.3, -0.25) is 4.79 Å². The Morgan fingerprint density at radius 1 is 0.909 bits per heavy atom. The van der Waals surface area contributed by atoms with Crippen molar-refractivity contribution in [3.63, 3.8) is 0 Å². The molecule has 0 saturated carbocycles. The van der Waals surface area contributed by atoms with Crippen LogP contribution in [0.1, 0.15) is 28.4 Å². The molecule has 0 aliphatic rings. The van der Waals surface area contributed by atoms with Gasteiger partial charge in [0.15, 0.2) is 6.61 Å². The quantitative estimate of drug-likeness (QED) is 0.317. The third kappa shape index (κ3) is 6.41. The Balaban J connectivity index is 1.86. The Morgan fingerprint density at radius 3 is 2.18 bits per heavy atom. The standard InChI is InChI=1S/C25H22Cl3NO4/c1-3-32-25(31)17-7-9-18(10-8-17)29(14-20-22(27)5-4-6-23(20)28)24(30)15-33-19-11-12-21(26)16(2)13-19/h4-13H,3,14-15H2,1-2H3. The van der Waals surface area contributed by atoms with E-state index in [1.165, 1.54) is 4.90 Å². The van der Waals surface area contributed by atoms with Gasteiger partial charge in [0.25, 0.3) is 5.91 Å². The molecule has 1 amide bonds. The average Bonchev–Trinajstić information content (AvgIpc) is 2.80. The molecule has 0 spiro atoms. The fourth-order valence-electron chi connectivity index (χ4n) is 3.09. The summed E-state index contributed by atoms with van der Waals surface area (Å²) in [5.74, 6) is -0.223. The van der Waals surface area contributed by atoms with Gasteiger partial charge in [0.1, 0.15) is 5.75 Å². The highest BCUT2D eigenvalue weighted by Crippen LogP contribution is 2.28. The molecular weight excluding hydrogens is 485 g/mol. The van der Waals surface area contributed by atoms with Crippen LogP contribution in [0.4, 0.5) is 5.69 Å². The molecule has 8 heteroatoms. The number of halogens is 3. The first kappa shape index (κ1) is 24.9. The molecule has 0 atom stereocenters. The second-order valence-corrected chi connectivity index (χ2v) is 8.37. The van der Waals surface area contributed by atoms with Gasteiger partial charge in [-0.1, -0.05) is 40.9 Å². The van der Waals surface area contributed by atoms with Crippen LogP contribution < -0.4 is 9.64 Å². The summed E-state index contributed by atoms with van der Waals surface area (Å²) in [4.78, 5) is 26.7. The van der Waals surface area contributed by atoms with Crippen molar-refractivity contribution in [3.8, 4) is 5.75 Å². The fraction of sp³-hybridized carbons (Fsp3) is 0.200. The van der Waals surface area contributed by atoms with Gasteiger partial charge in [0, 0.05) is 26.3 Å². The topological polar surface area (TPSA) is 55.8 Å². The molecule has 0 bridgehead atoms. The van der Waals surface area contributed by atoms with Gasteiger partial charge in [0.05, 0.1) is 18.7 Å². The number of carbonyl (C=O) groups is 2. The van der Waals surface area contributed by atoms with Gasteiger partial charge < -0.3 is 14.4 Å². The number of aryl methyl sites for hydroxylation is 1. The van der Waals surface area contributed by atoms with E-state index < -0.39 is 5.97 Å². The molecule has 0 fully saturated rings. The lowest BCUT2D eigenvalue weighted by Crippen LogP contribution is -2.34. The largest absolute Gasteiger partial charge is 0.484 e. The van der Waals surface area contributed by atoms with Gasteiger partial charge in [-0.25, -0.2) is 4.79 Å². The molecule has 33 heavy (non-hydrogen) atoms. The maximum Gasteiger partial charge on any atom is 0.338 e. The second kappa shape index (κ2) is 11.4. The molecule has 0 aliphatic carbocycles. The molecule has 3 aromatic carbocycles. The summed E-state index contributed by atoms with van der Waals surface area (Å²) in [5, 5.41) is 1.50. The Labute approximate surface area is 207 Å². The number of amides is 1. The average molecular weight is 507 g/mol. The van der Waals surface area contributed by atoms with E-state index in [1.807, 2.05) is 6.92 Å². The van der Waals surface area contributed by atoms with Crippen LogP contribution in [0, 0.1) is 6.92 Å².